The lowest BCUT2D eigenvalue weighted by Crippen LogP contribution is -2.21. The summed E-state index contributed by atoms with van der Waals surface area (Å²) in [7, 11) is -2.38. The van der Waals surface area contributed by atoms with Gasteiger partial charge in [-0.1, -0.05) is 40.0 Å². The Kier molecular flexibility index (Phi) is 13.1. The minimum Gasteiger partial charge on any atom is -0.754 e. The molecule has 1 atom stereocenters. The monoisotopic (exact) mass is 369 g/mol. The third kappa shape index (κ3) is 11.6. The molecule has 0 aliphatic rings. The number of phosphoric ester groups is 1. The molecule has 0 aliphatic heterocycles. The number of hydrogen-bond acceptors (Lipinski definition) is 5. The smallest absolute Gasteiger partial charge is 0.306 e. The zero-order chi connectivity index (χ0) is 17.8. The van der Waals surface area contributed by atoms with E-state index >= 15 is 0 Å². The van der Waals surface area contributed by atoms with Gasteiger partial charge >= 0.3 is 7.82 Å². The molecular weight excluding hydrogens is 332 g/mol. The van der Waals surface area contributed by atoms with Crippen LogP contribution < -0.4 is 4.89 Å². The molecule has 0 bridgehead atoms. The fraction of sp³-hybridized carbons (Fsp3) is 1.00. The van der Waals surface area contributed by atoms with Gasteiger partial charge in [0, 0.05) is 6.54 Å². The maximum Gasteiger partial charge on any atom is 0.306 e. The molecule has 5 nitrogen and oxygen atoms in total. The van der Waals surface area contributed by atoms with Crippen molar-refractivity contribution in [1.29, 1.82) is 0 Å². The SMILES string of the molecule is CCCC[P+](CCCC)(CCCC)OP(=O)([O-])OCCN(C)C. The maximum absolute atomic E-state index is 12.3. The van der Waals surface area contributed by atoms with E-state index in [2.05, 4.69) is 20.8 Å². The summed E-state index contributed by atoms with van der Waals surface area (Å²) < 4.78 is 23.2. The summed E-state index contributed by atoms with van der Waals surface area (Å²) in [5.74, 6) is 0. The summed E-state index contributed by atoms with van der Waals surface area (Å²) in [6.45, 7) is 7.14. The van der Waals surface area contributed by atoms with E-state index < -0.39 is 15.3 Å². The molecule has 0 N–H and O–H groups in total. The largest absolute Gasteiger partial charge is 0.754 e. The number of phosphoric acid groups is 1. The summed E-state index contributed by atoms with van der Waals surface area (Å²) in [5, 5.41) is 0. The molecule has 0 saturated heterocycles. The second-order valence-corrected chi connectivity index (χ2v) is 11.7. The molecule has 1 unspecified atom stereocenters. The predicted molar refractivity (Wildman–Crippen MR) is 99.4 cm³/mol. The van der Waals surface area contributed by atoms with Crippen molar-refractivity contribution >= 4 is 15.3 Å². The van der Waals surface area contributed by atoms with Crippen LogP contribution in [-0.4, -0.2) is 50.6 Å². The zero-order valence-electron chi connectivity index (χ0n) is 15.8. The summed E-state index contributed by atoms with van der Waals surface area (Å²) in [4.78, 5) is 14.2. The molecule has 0 spiro atoms. The molecule has 0 rings (SSSR count). The minimum atomic E-state index is -4.22. The normalized spacial score (nSPS) is 15.1. The molecule has 0 aromatic carbocycles. The highest BCUT2D eigenvalue weighted by Gasteiger charge is 2.42. The van der Waals surface area contributed by atoms with Crippen LogP contribution in [0.1, 0.15) is 59.3 Å². The molecule has 0 radical (unpaired) electrons. The molecule has 0 saturated carbocycles. The molecular formula is C16H37NO4P2. The van der Waals surface area contributed by atoms with Gasteiger partial charge in [0.1, 0.15) is 0 Å². The van der Waals surface area contributed by atoms with Crippen LogP contribution in [0.15, 0.2) is 0 Å². The molecule has 0 fully saturated rings. The highest BCUT2D eigenvalue weighted by Crippen LogP contribution is 2.69. The van der Waals surface area contributed by atoms with Gasteiger partial charge in [0.05, 0.1) is 25.1 Å². The Balaban J connectivity index is 4.93. The third-order valence-corrected chi connectivity index (χ3v) is 9.90. The Morgan fingerprint density at radius 3 is 1.74 bits per heavy atom. The molecule has 0 aliphatic carbocycles. The first-order valence-corrected chi connectivity index (χ1v) is 12.7. The van der Waals surface area contributed by atoms with E-state index in [1.807, 2.05) is 19.0 Å². The van der Waals surface area contributed by atoms with Crippen LogP contribution in [0.25, 0.3) is 0 Å². The molecule has 7 heteroatoms. The molecule has 0 aromatic rings. The minimum absolute atomic E-state index is 0.156. The first-order chi connectivity index (χ1) is 10.8. The van der Waals surface area contributed by atoms with E-state index in [4.69, 9.17) is 8.83 Å². The highest BCUT2D eigenvalue weighted by atomic mass is 31.3. The van der Waals surface area contributed by atoms with E-state index in [1.54, 1.807) is 0 Å². The van der Waals surface area contributed by atoms with Gasteiger partial charge < -0.3 is 14.3 Å². The van der Waals surface area contributed by atoms with Crippen LogP contribution in [0.4, 0.5) is 0 Å². The maximum atomic E-state index is 12.3. The molecule has 0 amide bonds. The number of unbranched alkanes of at least 4 members (excludes halogenated alkanes) is 3. The van der Waals surface area contributed by atoms with Crippen molar-refractivity contribution in [2.24, 2.45) is 0 Å². The van der Waals surface area contributed by atoms with E-state index in [0.29, 0.717) is 6.54 Å². The number of hydrogen-bond donors (Lipinski definition) is 0. The summed E-state index contributed by atoms with van der Waals surface area (Å²) in [6, 6.07) is 0. The quantitative estimate of drug-likeness (QED) is 0.401. The molecule has 0 heterocycles. The van der Waals surface area contributed by atoms with Crippen molar-refractivity contribution in [2.75, 3.05) is 45.7 Å². The lowest BCUT2D eigenvalue weighted by molar-refractivity contribution is -0.216. The second-order valence-electron chi connectivity index (χ2n) is 6.45. The van der Waals surface area contributed by atoms with Gasteiger partial charge in [-0.05, 0) is 33.4 Å². The van der Waals surface area contributed by atoms with Crippen LogP contribution in [0.3, 0.4) is 0 Å². The molecule has 0 aromatic heterocycles. The Morgan fingerprint density at radius 2 is 1.39 bits per heavy atom. The van der Waals surface area contributed by atoms with Crippen LogP contribution >= 0.6 is 15.3 Å². The zero-order valence-corrected chi connectivity index (χ0v) is 17.5. The van der Waals surface area contributed by atoms with Gasteiger partial charge in [-0.2, -0.15) is 4.31 Å². The Labute approximate surface area is 144 Å². The van der Waals surface area contributed by atoms with Crippen molar-refractivity contribution in [1.82, 2.24) is 4.90 Å². The van der Waals surface area contributed by atoms with Crippen LogP contribution in [0, 0.1) is 0 Å². The Bertz CT molecular complexity index is 318. The van der Waals surface area contributed by atoms with E-state index in [0.717, 1.165) is 57.0 Å². The van der Waals surface area contributed by atoms with Gasteiger partial charge in [0.25, 0.3) is 0 Å². The highest BCUT2D eigenvalue weighted by molar-refractivity contribution is 7.76. The third-order valence-electron chi connectivity index (χ3n) is 3.82. The fourth-order valence-electron chi connectivity index (χ4n) is 2.37. The van der Waals surface area contributed by atoms with Crippen molar-refractivity contribution in [3.8, 4) is 0 Å². The van der Waals surface area contributed by atoms with Crippen LogP contribution in [-0.2, 0) is 13.4 Å². The lowest BCUT2D eigenvalue weighted by atomic mass is 10.4. The Hall–Kier alpha value is 0.500. The van der Waals surface area contributed by atoms with Crippen LogP contribution in [0.2, 0.25) is 0 Å². The standard InChI is InChI=1S/C16H37NO4P2/c1-6-9-14-22(15-10-7-2,16-11-8-3)21-23(18,19)20-13-12-17(4)5/h6-16H2,1-5H3. The van der Waals surface area contributed by atoms with Crippen LogP contribution in [0.5, 0.6) is 0 Å². The average molecular weight is 369 g/mol. The van der Waals surface area contributed by atoms with E-state index in [1.165, 1.54) is 0 Å². The topological polar surface area (TPSA) is 61.8 Å². The summed E-state index contributed by atoms with van der Waals surface area (Å²) >= 11 is 0. The van der Waals surface area contributed by atoms with Crippen molar-refractivity contribution in [2.45, 2.75) is 59.3 Å². The second kappa shape index (κ2) is 12.8. The van der Waals surface area contributed by atoms with Gasteiger partial charge in [0.15, 0.2) is 7.49 Å². The van der Waals surface area contributed by atoms with E-state index in [-0.39, 0.29) is 6.61 Å². The predicted octanol–water partition coefficient (Wildman–Crippen LogP) is 4.38. The number of nitrogens with zero attached hydrogens (tertiary/aromatic N) is 1. The molecule has 140 valence electrons. The fourth-order valence-corrected chi connectivity index (χ4v) is 8.89. The van der Waals surface area contributed by atoms with Gasteiger partial charge in [-0.3, -0.25) is 4.57 Å². The van der Waals surface area contributed by atoms with Gasteiger partial charge in [-0.15, -0.1) is 0 Å². The number of likely N-dealkylation sites (N-methyl/N-ethyl adjacent to an activating group) is 1. The van der Waals surface area contributed by atoms with Gasteiger partial charge in [-0.25, -0.2) is 0 Å². The molecule has 23 heavy (non-hydrogen) atoms. The first kappa shape index (κ1) is 23.5. The Morgan fingerprint density at radius 1 is 0.957 bits per heavy atom. The van der Waals surface area contributed by atoms with Crippen molar-refractivity contribution < 1.29 is 18.3 Å². The first-order valence-electron chi connectivity index (χ1n) is 8.98. The lowest BCUT2D eigenvalue weighted by Gasteiger charge is -2.32. The van der Waals surface area contributed by atoms with Gasteiger partial charge in [0.2, 0.25) is 0 Å². The van der Waals surface area contributed by atoms with Crippen molar-refractivity contribution in [3.63, 3.8) is 0 Å². The number of rotatable bonds is 15. The average Bonchev–Trinajstić information content (AvgIpc) is 2.47. The van der Waals surface area contributed by atoms with E-state index in [9.17, 15) is 9.46 Å². The van der Waals surface area contributed by atoms with Crippen molar-refractivity contribution in [3.05, 3.63) is 0 Å². The summed E-state index contributed by atoms with van der Waals surface area (Å²) in [5.41, 5.74) is 0. The summed E-state index contributed by atoms with van der Waals surface area (Å²) in [6.07, 6.45) is 8.96.